The van der Waals surface area contributed by atoms with Crippen molar-refractivity contribution in [2.45, 2.75) is 32.2 Å². The van der Waals surface area contributed by atoms with Crippen molar-refractivity contribution in [1.29, 1.82) is 0 Å². The summed E-state index contributed by atoms with van der Waals surface area (Å²) in [5, 5.41) is 4.29. The molecule has 1 fully saturated rings. The molecule has 3 rings (SSSR count). The van der Waals surface area contributed by atoms with Gasteiger partial charge in [0.15, 0.2) is 11.5 Å². The van der Waals surface area contributed by atoms with Gasteiger partial charge in [0.25, 0.3) is 0 Å². The summed E-state index contributed by atoms with van der Waals surface area (Å²) in [6.07, 6.45) is 2.54. The van der Waals surface area contributed by atoms with E-state index in [0.717, 1.165) is 6.42 Å². The summed E-state index contributed by atoms with van der Waals surface area (Å²) < 4.78 is 7.08. The quantitative estimate of drug-likeness (QED) is 0.790. The summed E-state index contributed by atoms with van der Waals surface area (Å²) >= 11 is 0. The molecule has 0 bridgehead atoms. The van der Waals surface area contributed by atoms with E-state index in [2.05, 4.69) is 17.2 Å². The Balaban J connectivity index is 1.86. The van der Waals surface area contributed by atoms with Crippen LogP contribution in [0.25, 0.3) is 0 Å². The molecular formula is C17H20N2O2. The van der Waals surface area contributed by atoms with Crippen molar-refractivity contribution in [3.05, 3.63) is 47.8 Å². The topological polar surface area (TPSA) is 44.1 Å². The van der Waals surface area contributed by atoms with Crippen LogP contribution in [0.1, 0.15) is 48.3 Å². The molecule has 0 spiro atoms. The highest BCUT2D eigenvalue weighted by molar-refractivity contribution is 6.01. The Kier molecular flexibility index (Phi) is 3.53. The van der Waals surface area contributed by atoms with Crippen LogP contribution in [-0.4, -0.2) is 22.7 Å². The Bertz CT molecular complexity index is 646. The normalized spacial score (nSPS) is 20.6. The van der Waals surface area contributed by atoms with Crippen LogP contribution < -0.4 is 4.74 Å². The maximum atomic E-state index is 12.8. The summed E-state index contributed by atoms with van der Waals surface area (Å²) in [7, 11) is 1.58. The first-order chi connectivity index (χ1) is 10.1. The van der Waals surface area contributed by atoms with E-state index in [9.17, 15) is 4.79 Å². The number of nitrogens with zero attached hydrogens (tertiary/aromatic N) is 2. The molecular weight excluding hydrogens is 264 g/mol. The molecule has 110 valence electrons. The molecule has 0 amide bonds. The second-order valence-electron chi connectivity index (χ2n) is 5.82. The Labute approximate surface area is 124 Å². The zero-order valence-electron chi connectivity index (χ0n) is 12.6. The molecule has 2 unspecified atom stereocenters. The number of methoxy groups -OCH3 is 1. The van der Waals surface area contributed by atoms with E-state index >= 15 is 0 Å². The second-order valence-corrected chi connectivity index (χ2v) is 5.82. The van der Waals surface area contributed by atoms with Crippen molar-refractivity contribution in [2.75, 3.05) is 7.11 Å². The summed E-state index contributed by atoms with van der Waals surface area (Å²) in [4.78, 5) is 12.8. The lowest BCUT2D eigenvalue weighted by atomic mass is 10.1. The lowest BCUT2D eigenvalue weighted by Gasteiger charge is -2.11. The van der Waals surface area contributed by atoms with Gasteiger partial charge in [-0.15, -0.1) is 0 Å². The van der Waals surface area contributed by atoms with Crippen LogP contribution in [0, 0.1) is 5.92 Å². The highest BCUT2D eigenvalue weighted by atomic mass is 16.5. The zero-order valence-corrected chi connectivity index (χ0v) is 12.6. The average molecular weight is 284 g/mol. The third kappa shape index (κ3) is 2.46. The van der Waals surface area contributed by atoms with Gasteiger partial charge in [-0.2, -0.15) is 5.10 Å². The number of ether oxygens (including phenoxy) is 1. The van der Waals surface area contributed by atoms with Crippen molar-refractivity contribution >= 4 is 5.78 Å². The van der Waals surface area contributed by atoms with Crippen LogP contribution in [0.15, 0.2) is 36.5 Å². The molecule has 1 saturated carbocycles. The first-order valence-corrected chi connectivity index (χ1v) is 7.34. The molecule has 1 heterocycles. The summed E-state index contributed by atoms with van der Waals surface area (Å²) in [5.41, 5.74) is 1.85. The third-order valence-electron chi connectivity index (χ3n) is 4.06. The number of Topliss-reactive ketones (excluding diaryl/α,β-unsaturated/α-hetero) is 1. The van der Waals surface area contributed by atoms with Gasteiger partial charge in [-0.3, -0.25) is 9.48 Å². The minimum absolute atomic E-state index is 0.0514. The Hall–Kier alpha value is -2.10. The number of ketones is 1. The van der Waals surface area contributed by atoms with Crippen LogP contribution in [0.5, 0.6) is 5.75 Å². The van der Waals surface area contributed by atoms with Crippen LogP contribution in [0.2, 0.25) is 0 Å². The number of hydrogen-bond donors (Lipinski definition) is 0. The molecule has 1 aromatic carbocycles. The molecule has 4 nitrogen and oxygen atoms in total. The van der Waals surface area contributed by atoms with Crippen molar-refractivity contribution < 1.29 is 9.53 Å². The molecule has 2 aromatic rings. The van der Waals surface area contributed by atoms with Crippen LogP contribution in [0.4, 0.5) is 0 Å². The van der Waals surface area contributed by atoms with Gasteiger partial charge < -0.3 is 4.74 Å². The van der Waals surface area contributed by atoms with Gasteiger partial charge in [0.05, 0.1) is 13.3 Å². The van der Waals surface area contributed by atoms with E-state index in [1.54, 1.807) is 18.0 Å². The van der Waals surface area contributed by atoms with E-state index in [1.165, 1.54) is 5.56 Å². The van der Waals surface area contributed by atoms with Gasteiger partial charge in [0.1, 0.15) is 5.69 Å². The Morgan fingerprint density at radius 1 is 1.33 bits per heavy atom. The number of benzene rings is 1. The van der Waals surface area contributed by atoms with Gasteiger partial charge in [-0.05, 0) is 31.7 Å². The predicted molar refractivity (Wildman–Crippen MR) is 80.8 cm³/mol. The predicted octanol–water partition coefficient (Wildman–Crippen LogP) is 3.46. The van der Waals surface area contributed by atoms with E-state index in [1.807, 2.05) is 32.0 Å². The molecule has 0 aliphatic heterocycles. The van der Waals surface area contributed by atoms with Gasteiger partial charge in [0, 0.05) is 12.0 Å². The lowest BCUT2D eigenvalue weighted by molar-refractivity contribution is 0.0949. The molecule has 2 atom stereocenters. The second kappa shape index (κ2) is 5.35. The molecule has 1 aromatic heterocycles. The van der Waals surface area contributed by atoms with E-state index in [4.69, 9.17) is 4.74 Å². The maximum absolute atomic E-state index is 12.8. The maximum Gasteiger partial charge on any atom is 0.188 e. The third-order valence-corrected chi connectivity index (χ3v) is 4.06. The summed E-state index contributed by atoms with van der Waals surface area (Å²) in [6.45, 7) is 4.04. The lowest BCUT2D eigenvalue weighted by Crippen LogP contribution is -2.15. The Morgan fingerprint density at radius 3 is 2.67 bits per heavy atom. The summed E-state index contributed by atoms with van der Waals surface area (Å²) in [6, 6.07) is 10.4. The number of carbonyl (C=O) groups excluding carboxylic acids is 1. The Morgan fingerprint density at radius 2 is 2.05 bits per heavy atom. The molecule has 0 N–H and O–H groups in total. The highest BCUT2D eigenvalue weighted by Crippen LogP contribution is 2.49. The number of rotatable bonds is 5. The molecule has 21 heavy (non-hydrogen) atoms. The molecule has 0 saturated heterocycles. The largest absolute Gasteiger partial charge is 0.493 e. The molecule has 1 aliphatic rings. The van der Waals surface area contributed by atoms with E-state index in [0.29, 0.717) is 17.4 Å². The van der Waals surface area contributed by atoms with Crippen molar-refractivity contribution in [1.82, 2.24) is 9.78 Å². The summed E-state index contributed by atoms with van der Waals surface area (Å²) in [5.74, 6) is 1.11. The monoisotopic (exact) mass is 284 g/mol. The number of aromatic nitrogens is 2. The fraction of sp³-hybridized carbons (Fsp3) is 0.412. The van der Waals surface area contributed by atoms with Gasteiger partial charge in [-0.1, -0.05) is 30.3 Å². The van der Waals surface area contributed by atoms with Crippen molar-refractivity contribution in [2.24, 2.45) is 5.92 Å². The standard InChI is InChI=1S/C17H20N2O2/c1-11(2)19-16(15(21-3)10-18-19)17(20)14-9-13(14)12-7-5-4-6-8-12/h4-8,10-11,13-14H,9H2,1-3H3. The van der Waals surface area contributed by atoms with Gasteiger partial charge in [-0.25, -0.2) is 0 Å². The number of carbonyl (C=O) groups is 1. The van der Waals surface area contributed by atoms with Crippen LogP contribution in [-0.2, 0) is 0 Å². The van der Waals surface area contributed by atoms with Crippen molar-refractivity contribution in [3.8, 4) is 5.75 Å². The number of hydrogen-bond acceptors (Lipinski definition) is 3. The smallest absolute Gasteiger partial charge is 0.188 e. The fourth-order valence-electron chi connectivity index (χ4n) is 2.85. The van der Waals surface area contributed by atoms with Crippen LogP contribution >= 0.6 is 0 Å². The van der Waals surface area contributed by atoms with Crippen molar-refractivity contribution in [3.63, 3.8) is 0 Å². The minimum Gasteiger partial charge on any atom is -0.493 e. The molecule has 0 radical (unpaired) electrons. The van der Waals surface area contributed by atoms with E-state index < -0.39 is 0 Å². The van der Waals surface area contributed by atoms with E-state index in [-0.39, 0.29) is 17.7 Å². The van der Waals surface area contributed by atoms with Gasteiger partial charge >= 0.3 is 0 Å². The highest BCUT2D eigenvalue weighted by Gasteiger charge is 2.46. The zero-order chi connectivity index (χ0) is 15.0. The molecule has 1 aliphatic carbocycles. The first kappa shape index (κ1) is 13.9. The van der Waals surface area contributed by atoms with Gasteiger partial charge in [0.2, 0.25) is 0 Å². The minimum atomic E-state index is 0.0514. The average Bonchev–Trinajstić information content (AvgIpc) is 3.18. The first-order valence-electron chi connectivity index (χ1n) is 7.34. The molecule has 4 heteroatoms. The SMILES string of the molecule is COc1cnn(C(C)C)c1C(=O)C1CC1c1ccccc1. The van der Waals surface area contributed by atoms with Crippen LogP contribution in [0.3, 0.4) is 0 Å². The fourth-order valence-corrected chi connectivity index (χ4v) is 2.85.